The van der Waals surface area contributed by atoms with Gasteiger partial charge in [-0.25, -0.2) is 0 Å². The quantitative estimate of drug-likeness (QED) is 0.908. The van der Waals surface area contributed by atoms with E-state index in [1.807, 2.05) is 6.20 Å². The molecule has 0 aromatic carbocycles. The summed E-state index contributed by atoms with van der Waals surface area (Å²) in [6.45, 7) is 5.51. The highest BCUT2D eigenvalue weighted by atomic mass is 16.1. The van der Waals surface area contributed by atoms with E-state index >= 15 is 0 Å². The molecular weight excluding hydrogens is 290 g/mol. The van der Waals surface area contributed by atoms with Crippen LogP contribution in [0.4, 0.5) is 0 Å². The molecule has 0 radical (unpaired) electrons. The molecule has 23 heavy (non-hydrogen) atoms. The third-order valence-electron chi connectivity index (χ3n) is 5.01. The molecule has 2 aliphatic heterocycles. The second-order valence-corrected chi connectivity index (χ2v) is 6.78. The van der Waals surface area contributed by atoms with Crippen molar-refractivity contribution in [2.45, 2.75) is 51.2 Å². The Morgan fingerprint density at radius 3 is 2.78 bits per heavy atom. The fourth-order valence-corrected chi connectivity index (χ4v) is 3.75. The van der Waals surface area contributed by atoms with Crippen LogP contribution >= 0.6 is 0 Å². The predicted octanol–water partition coefficient (Wildman–Crippen LogP) is 1.34. The van der Waals surface area contributed by atoms with Crippen LogP contribution < -0.4 is 5.32 Å². The molecular formula is C17H27N5O. The van der Waals surface area contributed by atoms with Gasteiger partial charge in [0.2, 0.25) is 5.91 Å². The zero-order valence-corrected chi connectivity index (χ0v) is 14.2. The van der Waals surface area contributed by atoms with E-state index < -0.39 is 0 Å². The standard InChI is InChI=1S/C17H27N5O/c1-13(23)19-11-14-10-18-12-16(20-14)17-4-3-7-22(17)15-5-8-21(2)9-6-15/h10,12,15,17H,3-9,11H2,1-2H3,(H,19,23). The number of amides is 1. The van der Waals surface area contributed by atoms with Crippen LogP contribution in [0, 0.1) is 0 Å². The summed E-state index contributed by atoms with van der Waals surface area (Å²) in [6, 6.07) is 1.05. The van der Waals surface area contributed by atoms with Crippen LogP contribution in [0.2, 0.25) is 0 Å². The van der Waals surface area contributed by atoms with E-state index in [-0.39, 0.29) is 5.91 Å². The van der Waals surface area contributed by atoms with Gasteiger partial charge in [0.1, 0.15) is 0 Å². The molecule has 126 valence electrons. The Kier molecular flexibility index (Phi) is 5.23. The zero-order valence-electron chi connectivity index (χ0n) is 14.2. The summed E-state index contributed by atoms with van der Waals surface area (Å²) < 4.78 is 0. The lowest BCUT2D eigenvalue weighted by Gasteiger charge is -2.38. The maximum Gasteiger partial charge on any atom is 0.217 e. The fourth-order valence-electron chi connectivity index (χ4n) is 3.75. The minimum absolute atomic E-state index is 0.0361. The molecule has 1 N–H and O–H groups in total. The summed E-state index contributed by atoms with van der Waals surface area (Å²) in [5, 5.41) is 2.80. The Labute approximate surface area is 138 Å². The van der Waals surface area contributed by atoms with E-state index in [0.717, 1.165) is 24.4 Å². The normalized spacial score (nSPS) is 24.0. The highest BCUT2D eigenvalue weighted by molar-refractivity contribution is 5.72. The molecule has 2 aliphatic rings. The molecule has 0 saturated carbocycles. The number of rotatable bonds is 4. The van der Waals surface area contributed by atoms with Gasteiger partial charge in [0, 0.05) is 13.0 Å². The number of hydrogen-bond donors (Lipinski definition) is 1. The van der Waals surface area contributed by atoms with Crippen molar-refractivity contribution in [1.82, 2.24) is 25.1 Å². The van der Waals surface area contributed by atoms with Crippen LogP contribution in [0.25, 0.3) is 0 Å². The average molecular weight is 317 g/mol. The summed E-state index contributed by atoms with van der Waals surface area (Å²) in [5.41, 5.74) is 1.90. The first kappa shape index (κ1) is 16.3. The second kappa shape index (κ2) is 7.36. The highest BCUT2D eigenvalue weighted by Crippen LogP contribution is 2.35. The van der Waals surface area contributed by atoms with Crippen molar-refractivity contribution < 1.29 is 4.79 Å². The molecule has 1 aromatic rings. The smallest absolute Gasteiger partial charge is 0.217 e. The minimum atomic E-state index is -0.0361. The number of carbonyl (C=O) groups excluding carboxylic acids is 1. The van der Waals surface area contributed by atoms with E-state index in [0.29, 0.717) is 18.6 Å². The number of hydrogen-bond acceptors (Lipinski definition) is 5. The summed E-state index contributed by atoms with van der Waals surface area (Å²) in [5.74, 6) is -0.0361. The van der Waals surface area contributed by atoms with Crippen LogP contribution in [0.5, 0.6) is 0 Å². The predicted molar refractivity (Wildman–Crippen MR) is 88.8 cm³/mol. The molecule has 0 spiro atoms. The van der Waals surface area contributed by atoms with E-state index in [1.54, 1.807) is 6.20 Å². The molecule has 1 unspecified atom stereocenters. The zero-order chi connectivity index (χ0) is 16.2. The summed E-state index contributed by atoms with van der Waals surface area (Å²) in [6.07, 6.45) is 8.51. The van der Waals surface area contributed by atoms with Crippen molar-refractivity contribution in [1.29, 1.82) is 0 Å². The van der Waals surface area contributed by atoms with Gasteiger partial charge in [0.15, 0.2) is 0 Å². The third kappa shape index (κ3) is 4.06. The Bertz CT molecular complexity index is 542. The molecule has 1 atom stereocenters. The van der Waals surface area contributed by atoms with Crippen molar-refractivity contribution >= 4 is 5.91 Å². The van der Waals surface area contributed by atoms with E-state index in [4.69, 9.17) is 4.98 Å². The van der Waals surface area contributed by atoms with Crippen LogP contribution in [0.1, 0.15) is 50.0 Å². The van der Waals surface area contributed by atoms with Crippen LogP contribution in [-0.4, -0.2) is 58.4 Å². The monoisotopic (exact) mass is 317 g/mol. The third-order valence-corrected chi connectivity index (χ3v) is 5.01. The first-order valence-corrected chi connectivity index (χ1v) is 8.63. The Morgan fingerprint density at radius 1 is 1.26 bits per heavy atom. The molecule has 2 fully saturated rings. The fraction of sp³-hybridized carbons (Fsp3) is 0.706. The number of nitrogens with one attached hydrogen (secondary N) is 1. The molecule has 0 aliphatic carbocycles. The van der Waals surface area contributed by atoms with Crippen LogP contribution in [-0.2, 0) is 11.3 Å². The molecule has 6 heteroatoms. The summed E-state index contributed by atoms with van der Waals surface area (Å²) in [7, 11) is 2.20. The lowest BCUT2D eigenvalue weighted by Crippen LogP contribution is -2.43. The van der Waals surface area contributed by atoms with Gasteiger partial charge in [-0.1, -0.05) is 0 Å². The van der Waals surface area contributed by atoms with Gasteiger partial charge in [-0.3, -0.25) is 19.7 Å². The Balaban J connectivity index is 1.69. The molecule has 1 aromatic heterocycles. The van der Waals surface area contributed by atoms with Crippen molar-refractivity contribution in [2.75, 3.05) is 26.7 Å². The van der Waals surface area contributed by atoms with E-state index in [9.17, 15) is 4.79 Å². The van der Waals surface area contributed by atoms with E-state index in [2.05, 4.69) is 27.1 Å². The molecule has 3 rings (SSSR count). The van der Waals surface area contributed by atoms with Gasteiger partial charge in [0.05, 0.1) is 36.4 Å². The van der Waals surface area contributed by atoms with Crippen molar-refractivity contribution in [3.63, 3.8) is 0 Å². The Morgan fingerprint density at radius 2 is 2.04 bits per heavy atom. The molecule has 1 amide bonds. The molecule has 3 heterocycles. The number of nitrogens with zero attached hydrogens (tertiary/aromatic N) is 4. The molecule has 6 nitrogen and oxygen atoms in total. The molecule has 0 bridgehead atoms. The Hall–Kier alpha value is -1.53. The maximum atomic E-state index is 11.1. The van der Waals surface area contributed by atoms with Gasteiger partial charge in [-0.15, -0.1) is 0 Å². The number of likely N-dealkylation sites (tertiary alicyclic amines) is 2. The first-order chi connectivity index (χ1) is 11.1. The van der Waals surface area contributed by atoms with Gasteiger partial charge in [-0.05, 0) is 52.4 Å². The molecule has 2 saturated heterocycles. The number of carbonyl (C=O) groups is 1. The maximum absolute atomic E-state index is 11.1. The first-order valence-electron chi connectivity index (χ1n) is 8.63. The summed E-state index contributed by atoms with van der Waals surface area (Å²) >= 11 is 0. The van der Waals surface area contributed by atoms with E-state index in [1.165, 1.54) is 39.3 Å². The number of piperidine rings is 1. The minimum Gasteiger partial charge on any atom is -0.351 e. The second-order valence-electron chi connectivity index (χ2n) is 6.78. The van der Waals surface area contributed by atoms with Gasteiger partial charge in [0.25, 0.3) is 0 Å². The average Bonchev–Trinajstić information content (AvgIpc) is 3.03. The lowest BCUT2D eigenvalue weighted by molar-refractivity contribution is -0.119. The van der Waals surface area contributed by atoms with Gasteiger partial charge in [-0.2, -0.15) is 0 Å². The SMILES string of the molecule is CC(=O)NCc1cncc(C2CCCN2C2CCN(C)CC2)n1. The summed E-state index contributed by atoms with van der Waals surface area (Å²) in [4.78, 5) is 25.2. The van der Waals surface area contributed by atoms with Crippen LogP contribution in [0.15, 0.2) is 12.4 Å². The van der Waals surface area contributed by atoms with Crippen molar-refractivity contribution in [3.8, 4) is 0 Å². The van der Waals surface area contributed by atoms with Gasteiger partial charge < -0.3 is 10.2 Å². The topological polar surface area (TPSA) is 61.4 Å². The number of aromatic nitrogens is 2. The van der Waals surface area contributed by atoms with Crippen molar-refractivity contribution in [2.24, 2.45) is 0 Å². The largest absolute Gasteiger partial charge is 0.351 e. The lowest BCUT2D eigenvalue weighted by atomic mass is 10.0. The van der Waals surface area contributed by atoms with Crippen LogP contribution in [0.3, 0.4) is 0 Å². The highest BCUT2D eigenvalue weighted by Gasteiger charge is 2.34. The van der Waals surface area contributed by atoms with Gasteiger partial charge >= 0.3 is 0 Å². The van der Waals surface area contributed by atoms with Crippen molar-refractivity contribution in [3.05, 3.63) is 23.8 Å².